The maximum absolute atomic E-state index is 10.2. The molecule has 0 saturated heterocycles. The van der Waals surface area contributed by atoms with E-state index in [-0.39, 0.29) is 6.42 Å². The Hall–Kier alpha value is -0.350. The topological polar surface area (TPSA) is 40.1 Å². The normalized spacial score (nSPS) is 9.83. The SMILES string of the molecule is O=C([O-])Cc1cc(Br)cc(Br)c1. The van der Waals surface area contributed by atoms with E-state index in [1.165, 1.54) is 0 Å². The summed E-state index contributed by atoms with van der Waals surface area (Å²) >= 11 is 6.52. The first kappa shape index (κ1) is 9.74. The van der Waals surface area contributed by atoms with Crippen molar-refractivity contribution in [3.05, 3.63) is 32.7 Å². The molecule has 1 rings (SSSR count). The van der Waals surface area contributed by atoms with Crippen molar-refractivity contribution in [1.29, 1.82) is 0 Å². The molecular weight excluding hydrogens is 288 g/mol. The molecule has 0 aliphatic carbocycles. The van der Waals surface area contributed by atoms with Crippen molar-refractivity contribution in [2.75, 3.05) is 0 Å². The standard InChI is InChI=1S/C8H6Br2O2/c9-6-1-5(3-8(11)12)2-7(10)4-6/h1-2,4H,3H2,(H,11,12)/p-1. The smallest absolute Gasteiger partial charge is 0.0458 e. The van der Waals surface area contributed by atoms with Gasteiger partial charge >= 0.3 is 0 Å². The number of halogens is 2. The second-order valence-corrected chi connectivity index (χ2v) is 4.16. The summed E-state index contributed by atoms with van der Waals surface area (Å²) in [6.45, 7) is 0. The van der Waals surface area contributed by atoms with E-state index in [1.54, 1.807) is 12.1 Å². The van der Waals surface area contributed by atoms with Crippen molar-refractivity contribution >= 4 is 37.8 Å². The number of hydrogen-bond acceptors (Lipinski definition) is 2. The van der Waals surface area contributed by atoms with Crippen LogP contribution < -0.4 is 5.11 Å². The van der Waals surface area contributed by atoms with Gasteiger partial charge in [0.15, 0.2) is 0 Å². The molecule has 0 aromatic heterocycles. The molecule has 0 saturated carbocycles. The van der Waals surface area contributed by atoms with Gasteiger partial charge in [-0.15, -0.1) is 0 Å². The molecule has 2 nitrogen and oxygen atoms in total. The van der Waals surface area contributed by atoms with Gasteiger partial charge < -0.3 is 9.90 Å². The van der Waals surface area contributed by atoms with Gasteiger partial charge in [-0.2, -0.15) is 0 Å². The highest BCUT2D eigenvalue weighted by molar-refractivity contribution is 9.11. The molecule has 0 atom stereocenters. The number of carboxylic acids is 1. The molecule has 1 aromatic rings. The molecule has 64 valence electrons. The first-order valence-corrected chi connectivity index (χ1v) is 4.81. The van der Waals surface area contributed by atoms with Crippen molar-refractivity contribution in [3.63, 3.8) is 0 Å². The number of aliphatic carboxylic acids is 1. The zero-order chi connectivity index (χ0) is 9.14. The first-order chi connectivity index (χ1) is 5.58. The van der Waals surface area contributed by atoms with E-state index in [9.17, 15) is 9.90 Å². The highest BCUT2D eigenvalue weighted by Gasteiger charge is 1.97. The number of hydrogen-bond donors (Lipinski definition) is 0. The Labute approximate surface area is 86.9 Å². The van der Waals surface area contributed by atoms with E-state index >= 15 is 0 Å². The van der Waals surface area contributed by atoms with Crippen LogP contribution in [0.3, 0.4) is 0 Å². The fourth-order valence-electron chi connectivity index (χ4n) is 0.880. The van der Waals surface area contributed by atoms with Gasteiger partial charge in [0.1, 0.15) is 0 Å². The van der Waals surface area contributed by atoms with Gasteiger partial charge in [-0.1, -0.05) is 31.9 Å². The summed E-state index contributed by atoms with van der Waals surface area (Å²) in [6, 6.07) is 5.35. The van der Waals surface area contributed by atoms with Crippen molar-refractivity contribution in [3.8, 4) is 0 Å². The molecule has 0 fully saturated rings. The summed E-state index contributed by atoms with van der Waals surface area (Å²) < 4.78 is 1.71. The van der Waals surface area contributed by atoms with Crippen LogP contribution in [0.1, 0.15) is 5.56 Å². The Kier molecular flexibility index (Phi) is 3.29. The van der Waals surface area contributed by atoms with E-state index < -0.39 is 5.97 Å². The van der Waals surface area contributed by atoms with Crippen LogP contribution in [-0.2, 0) is 11.2 Å². The number of rotatable bonds is 2. The van der Waals surface area contributed by atoms with Crippen molar-refractivity contribution in [2.24, 2.45) is 0 Å². The highest BCUT2D eigenvalue weighted by atomic mass is 79.9. The summed E-state index contributed by atoms with van der Waals surface area (Å²) in [7, 11) is 0. The molecule has 0 bridgehead atoms. The molecular formula is C8H5Br2O2-. The predicted molar refractivity (Wildman–Crippen MR) is 50.6 cm³/mol. The molecule has 0 spiro atoms. The van der Waals surface area contributed by atoms with Gasteiger partial charge in [-0.3, -0.25) is 0 Å². The van der Waals surface area contributed by atoms with E-state index in [2.05, 4.69) is 31.9 Å². The van der Waals surface area contributed by atoms with Crippen LogP contribution in [0.15, 0.2) is 27.1 Å². The lowest BCUT2D eigenvalue weighted by Crippen LogP contribution is -2.24. The van der Waals surface area contributed by atoms with E-state index in [4.69, 9.17) is 0 Å². The monoisotopic (exact) mass is 291 g/mol. The number of benzene rings is 1. The Balaban J connectivity index is 2.93. The largest absolute Gasteiger partial charge is 0.550 e. The van der Waals surface area contributed by atoms with Gasteiger partial charge in [0.2, 0.25) is 0 Å². The van der Waals surface area contributed by atoms with Crippen LogP contribution in [0.2, 0.25) is 0 Å². The fraction of sp³-hybridized carbons (Fsp3) is 0.125. The maximum atomic E-state index is 10.2. The lowest BCUT2D eigenvalue weighted by atomic mass is 10.2. The first-order valence-electron chi connectivity index (χ1n) is 3.23. The molecule has 0 unspecified atom stereocenters. The van der Waals surface area contributed by atoms with Crippen LogP contribution in [0.5, 0.6) is 0 Å². The zero-order valence-electron chi connectivity index (χ0n) is 6.01. The van der Waals surface area contributed by atoms with Crippen molar-refractivity contribution < 1.29 is 9.90 Å². The van der Waals surface area contributed by atoms with E-state index in [1.807, 2.05) is 6.07 Å². The average Bonchev–Trinajstić information content (AvgIpc) is 1.81. The molecule has 4 heteroatoms. The predicted octanol–water partition coefficient (Wildman–Crippen LogP) is 1.50. The van der Waals surface area contributed by atoms with Gasteiger partial charge in [0.25, 0.3) is 0 Å². The number of carbonyl (C=O) groups is 1. The Morgan fingerprint density at radius 2 is 1.75 bits per heavy atom. The minimum Gasteiger partial charge on any atom is -0.550 e. The van der Waals surface area contributed by atoms with Gasteiger partial charge in [0.05, 0.1) is 0 Å². The number of carboxylic acid groups (broad SMARTS) is 1. The van der Waals surface area contributed by atoms with Gasteiger partial charge in [0, 0.05) is 21.3 Å². The minimum atomic E-state index is -1.07. The summed E-state index contributed by atoms with van der Waals surface area (Å²) in [5, 5.41) is 10.2. The van der Waals surface area contributed by atoms with Crippen LogP contribution in [0, 0.1) is 0 Å². The molecule has 0 amide bonds. The van der Waals surface area contributed by atoms with Crippen molar-refractivity contribution in [1.82, 2.24) is 0 Å². The number of carbonyl (C=O) groups excluding carboxylic acids is 1. The maximum Gasteiger partial charge on any atom is 0.0458 e. The van der Waals surface area contributed by atoms with Crippen LogP contribution in [0.25, 0.3) is 0 Å². The van der Waals surface area contributed by atoms with E-state index in [0.29, 0.717) is 0 Å². The van der Waals surface area contributed by atoms with Crippen LogP contribution in [-0.4, -0.2) is 5.97 Å². The summed E-state index contributed by atoms with van der Waals surface area (Å²) in [4.78, 5) is 10.2. The Morgan fingerprint density at radius 3 is 2.17 bits per heavy atom. The van der Waals surface area contributed by atoms with Crippen molar-refractivity contribution in [2.45, 2.75) is 6.42 Å². The summed E-state index contributed by atoms with van der Waals surface area (Å²) in [5.41, 5.74) is 0.719. The Bertz CT molecular complexity index is 290. The van der Waals surface area contributed by atoms with Crippen LogP contribution in [0.4, 0.5) is 0 Å². The second-order valence-electron chi connectivity index (χ2n) is 2.33. The third kappa shape index (κ3) is 2.95. The molecule has 0 radical (unpaired) electrons. The van der Waals surface area contributed by atoms with Gasteiger partial charge in [-0.05, 0) is 23.8 Å². The fourth-order valence-corrected chi connectivity index (χ4v) is 2.27. The quantitative estimate of drug-likeness (QED) is 0.829. The Morgan fingerprint density at radius 1 is 1.25 bits per heavy atom. The zero-order valence-corrected chi connectivity index (χ0v) is 9.18. The lowest BCUT2D eigenvalue weighted by Gasteiger charge is -2.03. The summed E-state index contributed by atoms with van der Waals surface area (Å²) in [6.07, 6.45) is -0.0575. The molecule has 0 aliphatic rings. The summed E-state index contributed by atoms with van der Waals surface area (Å²) in [5.74, 6) is -1.07. The van der Waals surface area contributed by atoms with Gasteiger partial charge in [-0.25, -0.2) is 0 Å². The van der Waals surface area contributed by atoms with E-state index in [0.717, 1.165) is 14.5 Å². The third-order valence-corrected chi connectivity index (χ3v) is 2.19. The molecule has 1 aromatic carbocycles. The molecule has 0 N–H and O–H groups in total. The molecule has 0 heterocycles. The molecule has 12 heavy (non-hydrogen) atoms. The molecule has 0 aliphatic heterocycles. The lowest BCUT2D eigenvalue weighted by molar-refractivity contribution is -0.304. The minimum absolute atomic E-state index is 0.0575. The van der Waals surface area contributed by atoms with Crippen LogP contribution >= 0.6 is 31.9 Å². The average molecular weight is 293 g/mol. The third-order valence-electron chi connectivity index (χ3n) is 1.27. The second kappa shape index (κ2) is 4.05. The highest BCUT2D eigenvalue weighted by Crippen LogP contribution is 2.20.